The second-order valence-electron chi connectivity index (χ2n) is 6.13. The fourth-order valence-corrected chi connectivity index (χ4v) is 2.79. The van der Waals surface area contributed by atoms with Crippen LogP contribution in [0.2, 0.25) is 0 Å². The lowest BCUT2D eigenvalue weighted by molar-refractivity contribution is 0.0128. The molecule has 0 radical (unpaired) electrons. The van der Waals surface area contributed by atoms with Crippen molar-refractivity contribution in [2.24, 2.45) is 0 Å². The van der Waals surface area contributed by atoms with Gasteiger partial charge in [0.25, 0.3) is 0 Å². The molecular formula is C16H24INO6. The Hall–Kier alpha value is -1.26. The molecular weight excluding hydrogens is 429 g/mol. The summed E-state index contributed by atoms with van der Waals surface area (Å²) < 4.78 is 16.3. The molecule has 0 spiro atoms. The number of methoxy groups -OCH3 is 2. The molecule has 1 amide bonds. The van der Waals surface area contributed by atoms with Gasteiger partial charge in [-0.25, -0.2) is 4.79 Å². The molecule has 0 heterocycles. The molecule has 1 aromatic carbocycles. The number of aliphatic hydroxyl groups excluding tert-OH is 2. The Labute approximate surface area is 155 Å². The van der Waals surface area contributed by atoms with Crippen molar-refractivity contribution in [3.8, 4) is 11.5 Å². The Kier molecular flexibility index (Phi) is 7.56. The highest BCUT2D eigenvalue weighted by Gasteiger charge is 2.23. The molecule has 136 valence electrons. The smallest absolute Gasteiger partial charge is 0.407 e. The number of halogens is 1. The molecule has 0 aliphatic heterocycles. The maximum atomic E-state index is 11.6. The van der Waals surface area contributed by atoms with Crippen LogP contribution < -0.4 is 14.8 Å². The minimum absolute atomic E-state index is 0.152. The Balaban J connectivity index is 2.77. The summed E-state index contributed by atoms with van der Waals surface area (Å²) in [6.45, 7) is 5.07. The van der Waals surface area contributed by atoms with Crippen molar-refractivity contribution in [1.29, 1.82) is 0 Å². The monoisotopic (exact) mass is 453 g/mol. The molecule has 8 heteroatoms. The standard InChI is InChI=1S/C16H24INO6/c1-16(2,3)24-15(21)18-8-11(19)13(20)9-6-10(17)14(23-5)12(7-9)22-4/h6-7,11,13,19-20H,8H2,1-5H3,(H,18,21). The maximum Gasteiger partial charge on any atom is 0.407 e. The van der Waals surface area contributed by atoms with Crippen LogP contribution in [-0.4, -0.2) is 48.8 Å². The van der Waals surface area contributed by atoms with Gasteiger partial charge in [0, 0.05) is 6.54 Å². The van der Waals surface area contributed by atoms with E-state index >= 15 is 0 Å². The van der Waals surface area contributed by atoms with Crippen LogP contribution in [0.15, 0.2) is 12.1 Å². The van der Waals surface area contributed by atoms with Gasteiger partial charge in [-0.15, -0.1) is 0 Å². The van der Waals surface area contributed by atoms with Crippen molar-refractivity contribution in [2.75, 3.05) is 20.8 Å². The minimum Gasteiger partial charge on any atom is -0.493 e. The molecule has 0 bridgehead atoms. The molecule has 2 unspecified atom stereocenters. The molecule has 1 aromatic rings. The van der Waals surface area contributed by atoms with Gasteiger partial charge >= 0.3 is 6.09 Å². The Morgan fingerprint density at radius 2 is 1.88 bits per heavy atom. The number of alkyl carbamates (subject to hydrolysis) is 1. The molecule has 24 heavy (non-hydrogen) atoms. The quantitative estimate of drug-likeness (QED) is 0.572. The van der Waals surface area contributed by atoms with E-state index in [4.69, 9.17) is 14.2 Å². The molecule has 0 aliphatic carbocycles. The number of carbonyl (C=O) groups is 1. The predicted octanol–water partition coefficient (Wildman–Crippen LogP) is 2.23. The second-order valence-corrected chi connectivity index (χ2v) is 7.30. The zero-order valence-electron chi connectivity index (χ0n) is 14.4. The lowest BCUT2D eigenvalue weighted by Crippen LogP contribution is -2.38. The SMILES string of the molecule is COc1cc(C(O)C(O)CNC(=O)OC(C)(C)C)cc(I)c1OC. The van der Waals surface area contributed by atoms with Gasteiger partial charge in [-0.05, 0) is 61.1 Å². The second kappa shape index (κ2) is 8.72. The average molecular weight is 453 g/mol. The fourth-order valence-electron chi connectivity index (χ4n) is 1.94. The molecule has 1 rings (SSSR count). The van der Waals surface area contributed by atoms with Crippen molar-refractivity contribution >= 4 is 28.7 Å². The summed E-state index contributed by atoms with van der Waals surface area (Å²) in [6, 6.07) is 3.27. The van der Waals surface area contributed by atoms with Crippen molar-refractivity contribution in [3.63, 3.8) is 0 Å². The van der Waals surface area contributed by atoms with Crippen LogP contribution in [0.3, 0.4) is 0 Å². The van der Waals surface area contributed by atoms with Crippen molar-refractivity contribution in [2.45, 2.75) is 38.6 Å². The van der Waals surface area contributed by atoms with Gasteiger partial charge in [-0.1, -0.05) is 0 Å². The highest BCUT2D eigenvalue weighted by molar-refractivity contribution is 14.1. The summed E-state index contributed by atoms with van der Waals surface area (Å²) in [4.78, 5) is 11.6. The highest BCUT2D eigenvalue weighted by Crippen LogP contribution is 2.35. The van der Waals surface area contributed by atoms with Gasteiger partial charge in [0.1, 0.15) is 17.8 Å². The van der Waals surface area contributed by atoms with E-state index in [2.05, 4.69) is 27.9 Å². The molecule has 2 atom stereocenters. The zero-order chi connectivity index (χ0) is 18.5. The van der Waals surface area contributed by atoms with E-state index in [9.17, 15) is 15.0 Å². The number of amides is 1. The molecule has 0 saturated carbocycles. The van der Waals surface area contributed by atoms with Gasteiger partial charge in [0.15, 0.2) is 11.5 Å². The number of hydrogen-bond donors (Lipinski definition) is 3. The number of hydrogen-bond acceptors (Lipinski definition) is 6. The third-order valence-corrected chi connectivity index (χ3v) is 3.82. The Bertz CT molecular complexity index is 572. The lowest BCUT2D eigenvalue weighted by Gasteiger charge is -2.23. The summed E-state index contributed by atoms with van der Waals surface area (Å²) in [5.74, 6) is 1.00. The predicted molar refractivity (Wildman–Crippen MR) is 97.5 cm³/mol. The van der Waals surface area contributed by atoms with Crippen molar-refractivity contribution in [1.82, 2.24) is 5.32 Å². The molecule has 0 saturated heterocycles. The van der Waals surface area contributed by atoms with Gasteiger partial charge in [-0.3, -0.25) is 0 Å². The fraction of sp³-hybridized carbons (Fsp3) is 0.562. The van der Waals surface area contributed by atoms with E-state index in [0.717, 1.165) is 3.57 Å². The first kappa shape index (κ1) is 20.8. The van der Waals surface area contributed by atoms with Gasteiger partial charge in [0.05, 0.1) is 17.8 Å². The van der Waals surface area contributed by atoms with Gasteiger partial charge < -0.3 is 29.7 Å². The summed E-state index contributed by atoms with van der Waals surface area (Å²) in [5, 5.41) is 22.8. The molecule has 3 N–H and O–H groups in total. The van der Waals surface area contributed by atoms with E-state index in [1.54, 1.807) is 32.9 Å². The zero-order valence-corrected chi connectivity index (χ0v) is 16.6. The summed E-state index contributed by atoms with van der Waals surface area (Å²) in [5.41, 5.74) is -0.178. The van der Waals surface area contributed by atoms with Crippen LogP contribution in [0.1, 0.15) is 32.4 Å². The lowest BCUT2D eigenvalue weighted by atomic mass is 10.0. The van der Waals surface area contributed by atoms with E-state index in [1.165, 1.54) is 14.2 Å². The maximum absolute atomic E-state index is 11.6. The van der Waals surface area contributed by atoms with E-state index in [0.29, 0.717) is 17.1 Å². The summed E-state index contributed by atoms with van der Waals surface area (Å²) >= 11 is 2.05. The molecule has 7 nitrogen and oxygen atoms in total. The summed E-state index contributed by atoms with van der Waals surface area (Å²) in [6.07, 6.45) is -3.06. The molecule has 0 aliphatic rings. The first-order valence-corrected chi connectivity index (χ1v) is 8.41. The van der Waals surface area contributed by atoms with E-state index in [1.807, 2.05) is 0 Å². The van der Waals surface area contributed by atoms with Crippen molar-refractivity contribution in [3.05, 3.63) is 21.3 Å². The first-order chi connectivity index (χ1) is 11.1. The third kappa shape index (κ3) is 5.99. The first-order valence-electron chi connectivity index (χ1n) is 7.33. The number of rotatable bonds is 6. The van der Waals surface area contributed by atoms with E-state index in [-0.39, 0.29) is 6.54 Å². The van der Waals surface area contributed by atoms with Crippen LogP contribution in [-0.2, 0) is 4.74 Å². The van der Waals surface area contributed by atoms with Crippen LogP contribution in [0.4, 0.5) is 4.79 Å². The van der Waals surface area contributed by atoms with Crippen molar-refractivity contribution < 1.29 is 29.2 Å². The highest BCUT2D eigenvalue weighted by atomic mass is 127. The summed E-state index contributed by atoms with van der Waals surface area (Å²) in [7, 11) is 3.01. The number of nitrogens with one attached hydrogen (secondary N) is 1. The van der Waals surface area contributed by atoms with Crippen LogP contribution >= 0.6 is 22.6 Å². The van der Waals surface area contributed by atoms with Gasteiger partial charge in [0.2, 0.25) is 0 Å². The van der Waals surface area contributed by atoms with Crippen LogP contribution in [0.5, 0.6) is 11.5 Å². The van der Waals surface area contributed by atoms with Crippen LogP contribution in [0, 0.1) is 3.57 Å². The topological polar surface area (TPSA) is 97.2 Å². The Morgan fingerprint density at radius 3 is 2.38 bits per heavy atom. The molecule has 0 fully saturated rings. The Morgan fingerprint density at radius 1 is 1.25 bits per heavy atom. The number of aliphatic hydroxyl groups is 2. The largest absolute Gasteiger partial charge is 0.493 e. The normalized spacial score (nSPS) is 13.8. The number of ether oxygens (including phenoxy) is 3. The van der Waals surface area contributed by atoms with E-state index < -0.39 is 23.9 Å². The molecule has 0 aromatic heterocycles. The van der Waals surface area contributed by atoms with Gasteiger partial charge in [-0.2, -0.15) is 0 Å². The number of carbonyl (C=O) groups excluding carboxylic acids is 1. The average Bonchev–Trinajstić information content (AvgIpc) is 2.49. The number of benzene rings is 1. The minimum atomic E-state index is -1.20. The van der Waals surface area contributed by atoms with Crippen LogP contribution in [0.25, 0.3) is 0 Å². The third-order valence-electron chi connectivity index (χ3n) is 3.02.